The molecule has 0 saturated carbocycles. The molecule has 2 aromatic carbocycles. The number of nitrogens with one attached hydrogen (secondary N) is 1. The third kappa shape index (κ3) is 3.63. The Hall–Kier alpha value is -1.75. The molecular weight excluding hydrogens is 323 g/mol. The molecule has 0 heterocycles. The van der Waals surface area contributed by atoms with Gasteiger partial charge in [-0.25, -0.2) is 4.39 Å². The predicted molar refractivity (Wildman–Crippen MR) is 83.7 cm³/mol. The molecule has 2 aromatic rings. The van der Waals surface area contributed by atoms with Crippen LogP contribution in [-0.4, -0.2) is 13.7 Å². The Kier molecular flexibility index (Phi) is 4.84. The molecule has 0 radical (unpaired) electrons. The summed E-state index contributed by atoms with van der Waals surface area (Å²) in [5.41, 5.74) is 8.06. The van der Waals surface area contributed by atoms with Crippen molar-refractivity contribution in [1.82, 2.24) is 0 Å². The van der Waals surface area contributed by atoms with Gasteiger partial charge in [0.05, 0.1) is 23.0 Å². The molecule has 3 nitrogen and oxygen atoms in total. The average molecular weight is 339 g/mol. The highest BCUT2D eigenvalue weighted by Gasteiger charge is 2.05. The Morgan fingerprint density at radius 2 is 2.10 bits per heavy atom. The fraction of sp³-hybridized carbons (Fsp3) is 0.200. The van der Waals surface area contributed by atoms with Crippen LogP contribution in [0.3, 0.4) is 0 Å². The molecule has 2 rings (SSSR count). The van der Waals surface area contributed by atoms with E-state index in [1.54, 1.807) is 13.2 Å². The second-order valence-corrected chi connectivity index (χ2v) is 5.24. The smallest absolute Gasteiger partial charge is 0.139 e. The van der Waals surface area contributed by atoms with Crippen LogP contribution in [0.2, 0.25) is 0 Å². The fourth-order valence-corrected chi connectivity index (χ4v) is 2.23. The standard InChI is InChI=1S/C15H16BrFN2O/c1-20-11-4-2-3-10(7-11)5-6-19-15-8-12(16)13(17)9-14(15)18/h2-4,7-9,19H,5-6,18H2,1H3. The van der Waals surface area contributed by atoms with E-state index in [4.69, 9.17) is 10.5 Å². The van der Waals surface area contributed by atoms with Gasteiger partial charge >= 0.3 is 0 Å². The topological polar surface area (TPSA) is 47.3 Å². The molecule has 0 fully saturated rings. The summed E-state index contributed by atoms with van der Waals surface area (Å²) in [6.45, 7) is 0.704. The van der Waals surface area contributed by atoms with Gasteiger partial charge in [-0.3, -0.25) is 0 Å². The monoisotopic (exact) mass is 338 g/mol. The van der Waals surface area contributed by atoms with E-state index in [1.165, 1.54) is 6.07 Å². The van der Waals surface area contributed by atoms with Crippen LogP contribution in [0.25, 0.3) is 0 Å². The molecule has 0 atom stereocenters. The van der Waals surface area contributed by atoms with Crippen LogP contribution in [-0.2, 0) is 6.42 Å². The van der Waals surface area contributed by atoms with Crippen molar-refractivity contribution in [3.05, 3.63) is 52.3 Å². The van der Waals surface area contributed by atoms with Gasteiger partial charge in [0.15, 0.2) is 0 Å². The number of nitrogen functional groups attached to an aromatic ring is 1. The van der Waals surface area contributed by atoms with Gasteiger partial charge in [0.1, 0.15) is 11.6 Å². The summed E-state index contributed by atoms with van der Waals surface area (Å²) in [7, 11) is 1.65. The Morgan fingerprint density at radius 1 is 1.30 bits per heavy atom. The molecule has 3 N–H and O–H groups in total. The molecule has 0 bridgehead atoms. The lowest BCUT2D eigenvalue weighted by Crippen LogP contribution is -2.07. The van der Waals surface area contributed by atoms with E-state index in [-0.39, 0.29) is 5.82 Å². The minimum atomic E-state index is -0.360. The van der Waals surface area contributed by atoms with E-state index in [0.717, 1.165) is 23.4 Å². The highest BCUT2D eigenvalue weighted by Crippen LogP contribution is 2.26. The summed E-state index contributed by atoms with van der Waals surface area (Å²) in [5, 5.41) is 3.20. The van der Waals surface area contributed by atoms with Gasteiger partial charge in [0.25, 0.3) is 0 Å². The van der Waals surface area contributed by atoms with E-state index in [1.807, 2.05) is 24.3 Å². The van der Waals surface area contributed by atoms with Crippen LogP contribution in [0, 0.1) is 5.82 Å². The number of benzene rings is 2. The van der Waals surface area contributed by atoms with Crippen LogP contribution in [0.5, 0.6) is 5.75 Å². The third-order valence-electron chi connectivity index (χ3n) is 2.96. The predicted octanol–water partition coefficient (Wildman–Crippen LogP) is 3.83. The lowest BCUT2D eigenvalue weighted by atomic mass is 10.1. The van der Waals surface area contributed by atoms with Crippen LogP contribution in [0.1, 0.15) is 5.56 Å². The van der Waals surface area contributed by atoms with Gasteiger partial charge in [-0.1, -0.05) is 12.1 Å². The SMILES string of the molecule is COc1cccc(CCNc2cc(Br)c(F)cc2N)c1. The van der Waals surface area contributed by atoms with Crippen molar-refractivity contribution in [2.24, 2.45) is 0 Å². The molecule has 0 aliphatic rings. The molecule has 5 heteroatoms. The molecule has 0 saturated heterocycles. The number of nitrogens with two attached hydrogens (primary N) is 1. The van der Waals surface area contributed by atoms with Crippen molar-refractivity contribution in [2.45, 2.75) is 6.42 Å². The summed E-state index contributed by atoms with van der Waals surface area (Å²) in [5.74, 6) is 0.479. The average Bonchev–Trinajstić information content (AvgIpc) is 2.44. The van der Waals surface area contributed by atoms with Crippen LogP contribution >= 0.6 is 15.9 Å². The number of ether oxygens (including phenoxy) is 1. The lowest BCUT2D eigenvalue weighted by molar-refractivity contribution is 0.414. The third-order valence-corrected chi connectivity index (χ3v) is 3.56. The zero-order valence-corrected chi connectivity index (χ0v) is 12.7. The van der Waals surface area contributed by atoms with Crippen molar-refractivity contribution in [3.8, 4) is 5.75 Å². The van der Waals surface area contributed by atoms with E-state index in [2.05, 4.69) is 21.2 Å². The van der Waals surface area contributed by atoms with Crippen molar-refractivity contribution < 1.29 is 9.13 Å². The van der Waals surface area contributed by atoms with Gasteiger partial charge in [0.2, 0.25) is 0 Å². The van der Waals surface area contributed by atoms with Crippen LogP contribution < -0.4 is 15.8 Å². The zero-order valence-electron chi connectivity index (χ0n) is 11.1. The maximum absolute atomic E-state index is 13.3. The summed E-state index contributed by atoms with van der Waals surface area (Å²) in [6, 6.07) is 10.8. The second kappa shape index (κ2) is 6.61. The molecule has 0 unspecified atom stereocenters. The Labute approximate surface area is 126 Å². The van der Waals surface area contributed by atoms with E-state index >= 15 is 0 Å². The second-order valence-electron chi connectivity index (χ2n) is 4.38. The van der Waals surface area contributed by atoms with Gasteiger partial charge in [-0.15, -0.1) is 0 Å². The summed E-state index contributed by atoms with van der Waals surface area (Å²) in [6.07, 6.45) is 0.825. The molecule has 0 spiro atoms. The fourth-order valence-electron chi connectivity index (χ4n) is 1.88. The molecule has 106 valence electrons. The summed E-state index contributed by atoms with van der Waals surface area (Å²) in [4.78, 5) is 0. The Morgan fingerprint density at radius 3 is 2.85 bits per heavy atom. The van der Waals surface area contributed by atoms with Crippen LogP contribution in [0.15, 0.2) is 40.9 Å². The Bertz CT molecular complexity index is 604. The zero-order chi connectivity index (χ0) is 14.5. The van der Waals surface area contributed by atoms with Crippen molar-refractivity contribution in [3.63, 3.8) is 0 Å². The maximum atomic E-state index is 13.3. The number of methoxy groups -OCH3 is 1. The first-order valence-corrected chi connectivity index (χ1v) is 7.01. The molecule has 20 heavy (non-hydrogen) atoms. The number of hydrogen-bond acceptors (Lipinski definition) is 3. The first-order valence-electron chi connectivity index (χ1n) is 6.21. The number of hydrogen-bond donors (Lipinski definition) is 2. The van der Waals surface area contributed by atoms with Crippen molar-refractivity contribution >= 4 is 27.3 Å². The van der Waals surface area contributed by atoms with Crippen molar-refractivity contribution in [1.29, 1.82) is 0 Å². The van der Waals surface area contributed by atoms with E-state index in [9.17, 15) is 4.39 Å². The van der Waals surface area contributed by atoms with E-state index in [0.29, 0.717) is 16.7 Å². The van der Waals surface area contributed by atoms with Gasteiger partial charge in [0, 0.05) is 12.6 Å². The van der Waals surface area contributed by atoms with Gasteiger partial charge in [-0.2, -0.15) is 0 Å². The molecule has 0 aromatic heterocycles. The Balaban J connectivity index is 1.97. The summed E-state index contributed by atoms with van der Waals surface area (Å²) >= 11 is 3.15. The molecule has 0 aliphatic carbocycles. The molecular formula is C15H16BrFN2O. The van der Waals surface area contributed by atoms with Crippen LogP contribution in [0.4, 0.5) is 15.8 Å². The van der Waals surface area contributed by atoms with Gasteiger partial charge in [-0.05, 0) is 46.1 Å². The lowest BCUT2D eigenvalue weighted by Gasteiger charge is -2.11. The first-order chi connectivity index (χ1) is 9.60. The number of rotatable bonds is 5. The first kappa shape index (κ1) is 14.7. The maximum Gasteiger partial charge on any atom is 0.139 e. The van der Waals surface area contributed by atoms with E-state index < -0.39 is 0 Å². The largest absolute Gasteiger partial charge is 0.497 e. The van der Waals surface area contributed by atoms with Gasteiger partial charge < -0.3 is 15.8 Å². The van der Waals surface area contributed by atoms with Crippen molar-refractivity contribution in [2.75, 3.05) is 24.7 Å². The minimum absolute atomic E-state index is 0.360. The highest BCUT2D eigenvalue weighted by atomic mass is 79.9. The highest BCUT2D eigenvalue weighted by molar-refractivity contribution is 9.10. The quantitative estimate of drug-likeness (QED) is 0.814. The molecule has 0 amide bonds. The number of halogens is 2. The normalized spacial score (nSPS) is 10.3. The minimum Gasteiger partial charge on any atom is -0.497 e. The summed E-state index contributed by atoms with van der Waals surface area (Å²) < 4.78 is 18.8. The molecule has 0 aliphatic heterocycles. The number of anilines is 2.